The van der Waals surface area contributed by atoms with Crippen LogP contribution < -0.4 is 15.3 Å². The zero-order valence-electron chi connectivity index (χ0n) is 14.5. The number of hydrogen-bond donors (Lipinski definition) is 3. The van der Waals surface area contributed by atoms with Crippen molar-refractivity contribution in [2.24, 2.45) is 0 Å². The van der Waals surface area contributed by atoms with Crippen LogP contribution >= 0.6 is 0 Å². The predicted molar refractivity (Wildman–Crippen MR) is 96.3 cm³/mol. The average Bonchev–Trinajstić information content (AvgIpc) is 2.56. The minimum absolute atomic E-state index is 0.699. The Kier molecular flexibility index (Phi) is 9.68. The van der Waals surface area contributed by atoms with Crippen LogP contribution in [0.5, 0.6) is 0 Å². The van der Waals surface area contributed by atoms with Crippen LogP contribution in [0.3, 0.4) is 0 Å². The van der Waals surface area contributed by atoms with E-state index in [4.69, 9.17) is 4.43 Å². The first-order valence-corrected chi connectivity index (χ1v) is 11.4. The van der Waals surface area contributed by atoms with Crippen molar-refractivity contribution in [2.45, 2.75) is 89.6 Å². The fourth-order valence-electron chi connectivity index (χ4n) is 3.66. The molecule has 4 nitrogen and oxygen atoms in total. The maximum absolute atomic E-state index is 6.25. The zero-order chi connectivity index (χ0) is 15.5. The van der Waals surface area contributed by atoms with Gasteiger partial charge >= 0.3 is 9.36 Å². The third-order valence-electron chi connectivity index (χ3n) is 4.97. The van der Waals surface area contributed by atoms with Crippen molar-refractivity contribution in [3.05, 3.63) is 0 Å². The second-order valence-electron chi connectivity index (χ2n) is 7.00. The van der Waals surface area contributed by atoms with E-state index >= 15 is 0 Å². The first kappa shape index (κ1) is 18.4. The third kappa shape index (κ3) is 7.55. The summed E-state index contributed by atoms with van der Waals surface area (Å²) in [6.07, 6.45) is 15.0. The van der Waals surface area contributed by atoms with Gasteiger partial charge in [0.15, 0.2) is 0 Å². The molecule has 0 amide bonds. The van der Waals surface area contributed by atoms with E-state index in [0.29, 0.717) is 12.1 Å². The molecule has 0 bridgehead atoms. The normalized spacial score (nSPS) is 21.5. The molecule has 130 valence electrons. The van der Waals surface area contributed by atoms with Gasteiger partial charge in [-0.15, -0.1) is 0 Å². The Bertz CT molecular complexity index is 249. The Hall–Kier alpha value is 0.0569. The zero-order valence-corrected chi connectivity index (χ0v) is 15.7. The molecule has 2 saturated carbocycles. The molecule has 0 aromatic carbocycles. The van der Waals surface area contributed by atoms with Gasteiger partial charge in [0, 0.05) is 25.2 Å². The van der Waals surface area contributed by atoms with Gasteiger partial charge in [0.2, 0.25) is 0 Å². The maximum Gasteiger partial charge on any atom is 0.335 e. The number of nitrogens with one attached hydrogen (secondary N) is 3. The van der Waals surface area contributed by atoms with Gasteiger partial charge in [-0.05, 0) is 38.6 Å². The summed E-state index contributed by atoms with van der Waals surface area (Å²) < 4.78 is 6.25. The lowest BCUT2D eigenvalue weighted by atomic mass is 9.96. The Morgan fingerprint density at radius 2 is 1.36 bits per heavy atom. The SMILES string of the molecule is CCCNCCO[SiH](NC1CCCCC1)NC1CCCCC1. The molecule has 0 aliphatic heterocycles. The van der Waals surface area contributed by atoms with Gasteiger partial charge in [0.05, 0.1) is 0 Å². The van der Waals surface area contributed by atoms with Crippen LogP contribution in [0.2, 0.25) is 0 Å². The summed E-state index contributed by atoms with van der Waals surface area (Å²) in [7, 11) is -1.47. The molecule has 22 heavy (non-hydrogen) atoms. The van der Waals surface area contributed by atoms with E-state index in [2.05, 4.69) is 22.2 Å². The number of rotatable bonds is 10. The number of hydrogen-bond acceptors (Lipinski definition) is 4. The topological polar surface area (TPSA) is 45.3 Å². The van der Waals surface area contributed by atoms with E-state index in [0.717, 1.165) is 19.7 Å². The lowest BCUT2D eigenvalue weighted by Gasteiger charge is -2.32. The van der Waals surface area contributed by atoms with Crippen LogP contribution in [-0.2, 0) is 4.43 Å². The molecule has 2 fully saturated rings. The minimum atomic E-state index is -1.47. The Morgan fingerprint density at radius 1 is 0.818 bits per heavy atom. The van der Waals surface area contributed by atoms with Gasteiger partial charge in [0.25, 0.3) is 0 Å². The van der Waals surface area contributed by atoms with Gasteiger partial charge in [0.1, 0.15) is 0 Å². The van der Waals surface area contributed by atoms with Crippen molar-refractivity contribution >= 4 is 9.36 Å². The molecule has 0 unspecified atom stereocenters. The fourth-order valence-corrected chi connectivity index (χ4v) is 5.83. The highest BCUT2D eigenvalue weighted by molar-refractivity contribution is 6.46. The standard InChI is InChI=1S/C17H37N3OSi/c1-2-13-18-14-15-21-22(19-16-9-5-3-6-10-16)20-17-11-7-4-8-12-17/h16-20,22H,2-15H2,1H3. The molecule has 0 aromatic rings. The van der Waals surface area contributed by atoms with Gasteiger partial charge in [-0.3, -0.25) is 0 Å². The van der Waals surface area contributed by atoms with Crippen molar-refractivity contribution in [1.29, 1.82) is 0 Å². The van der Waals surface area contributed by atoms with Crippen molar-refractivity contribution in [3.8, 4) is 0 Å². The molecule has 0 radical (unpaired) electrons. The first-order chi connectivity index (χ1) is 10.9. The average molecular weight is 328 g/mol. The van der Waals surface area contributed by atoms with Gasteiger partial charge < -0.3 is 19.7 Å². The Morgan fingerprint density at radius 3 is 1.86 bits per heavy atom. The van der Waals surface area contributed by atoms with Gasteiger partial charge in [-0.2, -0.15) is 0 Å². The van der Waals surface area contributed by atoms with Crippen LogP contribution in [0.25, 0.3) is 0 Å². The minimum Gasteiger partial charge on any atom is -0.393 e. The lowest BCUT2D eigenvalue weighted by Crippen LogP contribution is -2.58. The highest BCUT2D eigenvalue weighted by Crippen LogP contribution is 2.19. The third-order valence-corrected chi connectivity index (χ3v) is 7.09. The van der Waals surface area contributed by atoms with Crippen LogP contribution in [-0.4, -0.2) is 41.1 Å². The summed E-state index contributed by atoms with van der Waals surface area (Å²) >= 11 is 0. The molecule has 5 heteroatoms. The molecular weight excluding hydrogens is 290 g/mol. The van der Waals surface area contributed by atoms with E-state index in [1.165, 1.54) is 70.6 Å². The second kappa shape index (κ2) is 11.6. The summed E-state index contributed by atoms with van der Waals surface area (Å²) in [4.78, 5) is 7.74. The van der Waals surface area contributed by atoms with Crippen LogP contribution in [0.4, 0.5) is 0 Å². The smallest absolute Gasteiger partial charge is 0.335 e. The Balaban J connectivity index is 1.71. The van der Waals surface area contributed by atoms with Gasteiger partial charge in [-0.1, -0.05) is 45.4 Å². The molecule has 0 spiro atoms. The molecule has 3 N–H and O–H groups in total. The monoisotopic (exact) mass is 327 g/mol. The Labute approximate surface area is 139 Å². The summed E-state index contributed by atoms with van der Waals surface area (Å²) in [6, 6.07) is 1.40. The molecule has 0 atom stereocenters. The van der Waals surface area contributed by atoms with E-state index < -0.39 is 9.36 Å². The predicted octanol–water partition coefficient (Wildman–Crippen LogP) is 2.56. The summed E-state index contributed by atoms with van der Waals surface area (Å²) in [5, 5.41) is 3.44. The van der Waals surface area contributed by atoms with Crippen LogP contribution in [0.15, 0.2) is 0 Å². The summed E-state index contributed by atoms with van der Waals surface area (Å²) in [5.41, 5.74) is 0. The van der Waals surface area contributed by atoms with E-state index in [9.17, 15) is 0 Å². The second-order valence-corrected chi connectivity index (χ2v) is 8.76. The fraction of sp³-hybridized carbons (Fsp3) is 1.00. The molecule has 2 aliphatic carbocycles. The quantitative estimate of drug-likeness (QED) is 0.426. The first-order valence-electron chi connectivity index (χ1n) is 9.73. The summed E-state index contributed by atoms with van der Waals surface area (Å²) in [5.74, 6) is 0. The molecule has 2 aliphatic rings. The van der Waals surface area contributed by atoms with Gasteiger partial charge in [-0.25, -0.2) is 0 Å². The highest BCUT2D eigenvalue weighted by atomic mass is 28.3. The van der Waals surface area contributed by atoms with Crippen LogP contribution in [0.1, 0.15) is 77.6 Å². The molecule has 0 heterocycles. The van der Waals surface area contributed by atoms with Crippen molar-refractivity contribution in [2.75, 3.05) is 19.7 Å². The largest absolute Gasteiger partial charge is 0.393 e. The maximum atomic E-state index is 6.25. The van der Waals surface area contributed by atoms with Crippen molar-refractivity contribution in [3.63, 3.8) is 0 Å². The molecule has 0 saturated heterocycles. The van der Waals surface area contributed by atoms with E-state index in [1.807, 2.05) is 0 Å². The van der Waals surface area contributed by atoms with Crippen molar-refractivity contribution in [1.82, 2.24) is 15.3 Å². The van der Waals surface area contributed by atoms with E-state index in [1.54, 1.807) is 0 Å². The molecule has 0 aromatic heterocycles. The highest BCUT2D eigenvalue weighted by Gasteiger charge is 2.24. The summed E-state index contributed by atoms with van der Waals surface area (Å²) in [6.45, 7) is 5.13. The molecular formula is C17H37N3OSi. The lowest BCUT2D eigenvalue weighted by molar-refractivity contribution is 0.274. The van der Waals surface area contributed by atoms with E-state index in [-0.39, 0.29) is 0 Å². The molecule has 2 rings (SSSR count). The van der Waals surface area contributed by atoms with Crippen molar-refractivity contribution < 1.29 is 4.43 Å². The van der Waals surface area contributed by atoms with Crippen LogP contribution in [0, 0.1) is 0 Å².